The van der Waals surface area contributed by atoms with E-state index in [4.69, 9.17) is 5.84 Å². The standard InChI is InChI=1S/C12H20N2S/c1-3-8-15-9-12(14-13)11-6-4-10(2)5-7-11/h4-7,12,14H,3,8-9,13H2,1-2H3. The zero-order valence-electron chi connectivity index (χ0n) is 9.49. The van der Waals surface area contributed by atoms with Crippen LogP contribution >= 0.6 is 11.8 Å². The van der Waals surface area contributed by atoms with Gasteiger partial charge < -0.3 is 0 Å². The van der Waals surface area contributed by atoms with Crippen LogP contribution in [0.5, 0.6) is 0 Å². The summed E-state index contributed by atoms with van der Waals surface area (Å²) in [5.41, 5.74) is 5.43. The van der Waals surface area contributed by atoms with Crippen LogP contribution in [0.2, 0.25) is 0 Å². The highest BCUT2D eigenvalue weighted by atomic mass is 32.2. The minimum atomic E-state index is 0.266. The largest absolute Gasteiger partial charge is 0.271 e. The summed E-state index contributed by atoms with van der Waals surface area (Å²) in [6.45, 7) is 4.30. The van der Waals surface area contributed by atoms with E-state index in [-0.39, 0.29) is 6.04 Å². The number of aryl methyl sites for hydroxylation is 1. The van der Waals surface area contributed by atoms with Crippen LogP contribution in [0.1, 0.15) is 30.5 Å². The summed E-state index contributed by atoms with van der Waals surface area (Å²) < 4.78 is 0. The molecule has 0 aliphatic rings. The van der Waals surface area contributed by atoms with Crippen molar-refractivity contribution in [1.29, 1.82) is 0 Å². The Morgan fingerprint density at radius 3 is 2.53 bits per heavy atom. The first kappa shape index (κ1) is 12.6. The second kappa shape index (κ2) is 6.88. The maximum Gasteiger partial charge on any atom is 0.0550 e. The van der Waals surface area contributed by atoms with Gasteiger partial charge in [-0.05, 0) is 24.7 Å². The molecule has 0 fully saturated rings. The molecular formula is C12H20N2S. The molecule has 0 amide bonds. The van der Waals surface area contributed by atoms with Crippen LogP contribution in [-0.4, -0.2) is 11.5 Å². The number of nitrogens with two attached hydrogens (primary N) is 1. The maximum atomic E-state index is 5.56. The maximum absolute atomic E-state index is 5.56. The molecular weight excluding hydrogens is 204 g/mol. The molecule has 0 radical (unpaired) electrons. The zero-order chi connectivity index (χ0) is 11.1. The van der Waals surface area contributed by atoms with Crippen LogP contribution in [0.15, 0.2) is 24.3 Å². The van der Waals surface area contributed by atoms with Gasteiger partial charge >= 0.3 is 0 Å². The van der Waals surface area contributed by atoms with E-state index in [1.165, 1.54) is 23.3 Å². The van der Waals surface area contributed by atoms with Crippen molar-refractivity contribution >= 4 is 11.8 Å². The van der Waals surface area contributed by atoms with Crippen LogP contribution in [0.4, 0.5) is 0 Å². The molecule has 0 heterocycles. The molecule has 2 nitrogen and oxygen atoms in total. The summed E-state index contributed by atoms with van der Waals surface area (Å²) in [7, 11) is 0. The number of hydrazine groups is 1. The van der Waals surface area contributed by atoms with Gasteiger partial charge in [0, 0.05) is 5.75 Å². The minimum absolute atomic E-state index is 0.266. The summed E-state index contributed by atoms with van der Waals surface area (Å²) in [4.78, 5) is 0. The van der Waals surface area contributed by atoms with E-state index < -0.39 is 0 Å². The Kier molecular flexibility index (Phi) is 5.76. The van der Waals surface area contributed by atoms with Gasteiger partial charge in [-0.25, -0.2) is 0 Å². The summed E-state index contributed by atoms with van der Waals surface area (Å²) >= 11 is 1.94. The van der Waals surface area contributed by atoms with E-state index in [1.807, 2.05) is 11.8 Å². The average Bonchev–Trinajstić information content (AvgIpc) is 2.26. The van der Waals surface area contributed by atoms with Crippen molar-refractivity contribution in [3.63, 3.8) is 0 Å². The molecule has 15 heavy (non-hydrogen) atoms. The highest BCUT2D eigenvalue weighted by Crippen LogP contribution is 2.18. The lowest BCUT2D eigenvalue weighted by Gasteiger charge is -2.15. The molecule has 3 N–H and O–H groups in total. The van der Waals surface area contributed by atoms with E-state index >= 15 is 0 Å². The second-order valence-corrected chi connectivity index (χ2v) is 4.85. The molecule has 1 atom stereocenters. The lowest BCUT2D eigenvalue weighted by Crippen LogP contribution is -2.29. The predicted octanol–water partition coefficient (Wildman–Crippen LogP) is 2.64. The van der Waals surface area contributed by atoms with Crippen molar-refractivity contribution in [3.8, 4) is 0 Å². The zero-order valence-corrected chi connectivity index (χ0v) is 10.3. The topological polar surface area (TPSA) is 38.0 Å². The van der Waals surface area contributed by atoms with Gasteiger partial charge in [0.05, 0.1) is 6.04 Å². The number of nitrogens with one attached hydrogen (secondary N) is 1. The van der Waals surface area contributed by atoms with Crippen molar-refractivity contribution in [2.75, 3.05) is 11.5 Å². The Morgan fingerprint density at radius 2 is 2.00 bits per heavy atom. The van der Waals surface area contributed by atoms with Crippen LogP contribution in [0.3, 0.4) is 0 Å². The van der Waals surface area contributed by atoms with Crippen LogP contribution in [-0.2, 0) is 0 Å². The predicted molar refractivity (Wildman–Crippen MR) is 68.9 cm³/mol. The fourth-order valence-corrected chi connectivity index (χ4v) is 2.36. The first-order chi connectivity index (χ1) is 7.27. The highest BCUT2D eigenvalue weighted by Gasteiger charge is 2.08. The smallest absolute Gasteiger partial charge is 0.0550 e. The molecule has 1 rings (SSSR count). The number of benzene rings is 1. The molecule has 1 aromatic carbocycles. The molecule has 3 heteroatoms. The Balaban J connectivity index is 2.53. The van der Waals surface area contributed by atoms with Gasteiger partial charge in [-0.15, -0.1) is 0 Å². The molecule has 0 bridgehead atoms. The monoisotopic (exact) mass is 224 g/mol. The summed E-state index contributed by atoms with van der Waals surface area (Å²) in [6, 6.07) is 8.81. The Morgan fingerprint density at radius 1 is 1.33 bits per heavy atom. The van der Waals surface area contributed by atoms with E-state index in [0.717, 1.165) is 5.75 Å². The first-order valence-corrected chi connectivity index (χ1v) is 6.53. The second-order valence-electron chi connectivity index (χ2n) is 3.70. The lowest BCUT2D eigenvalue weighted by molar-refractivity contribution is 0.610. The molecule has 0 saturated heterocycles. The van der Waals surface area contributed by atoms with Crippen LogP contribution in [0, 0.1) is 6.92 Å². The van der Waals surface area contributed by atoms with Gasteiger partial charge in [0.2, 0.25) is 0 Å². The molecule has 0 saturated carbocycles. The van der Waals surface area contributed by atoms with Gasteiger partial charge in [0.15, 0.2) is 0 Å². The first-order valence-electron chi connectivity index (χ1n) is 5.38. The fraction of sp³-hybridized carbons (Fsp3) is 0.500. The van der Waals surface area contributed by atoms with Crippen molar-refractivity contribution < 1.29 is 0 Å². The average molecular weight is 224 g/mol. The lowest BCUT2D eigenvalue weighted by atomic mass is 10.1. The van der Waals surface area contributed by atoms with Crippen molar-refractivity contribution in [2.24, 2.45) is 5.84 Å². The third-order valence-electron chi connectivity index (χ3n) is 2.31. The molecule has 0 spiro atoms. The molecule has 1 aromatic rings. The Hall–Kier alpha value is -0.510. The summed E-state index contributed by atoms with van der Waals surface area (Å²) in [6.07, 6.45) is 1.22. The highest BCUT2D eigenvalue weighted by molar-refractivity contribution is 7.99. The third-order valence-corrected chi connectivity index (χ3v) is 3.58. The van der Waals surface area contributed by atoms with Gasteiger partial charge in [-0.1, -0.05) is 36.8 Å². The van der Waals surface area contributed by atoms with Crippen molar-refractivity contribution in [1.82, 2.24) is 5.43 Å². The van der Waals surface area contributed by atoms with Gasteiger partial charge in [-0.2, -0.15) is 11.8 Å². The summed E-state index contributed by atoms with van der Waals surface area (Å²) in [5, 5.41) is 0. The van der Waals surface area contributed by atoms with E-state index in [0.29, 0.717) is 0 Å². The number of rotatable bonds is 6. The quantitative estimate of drug-likeness (QED) is 0.443. The van der Waals surface area contributed by atoms with Crippen molar-refractivity contribution in [2.45, 2.75) is 26.3 Å². The van der Waals surface area contributed by atoms with Gasteiger partial charge in [-0.3, -0.25) is 11.3 Å². The van der Waals surface area contributed by atoms with E-state index in [1.54, 1.807) is 0 Å². The molecule has 1 unspecified atom stereocenters. The van der Waals surface area contributed by atoms with Gasteiger partial charge in [0.1, 0.15) is 0 Å². The van der Waals surface area contributed by atoms with E-state index in [9.17, 15) is 0 Å². The normalized spacial score (nSPS) is 12.7. The Labute approximate surface area is 96.6 Å². The van der Waals surface area contributed by atoms with Crippen molar-refractivity contribution in [3.05, 3.63) is 35.4 Å². The fourth-order valence-electron chi connectivity index (χ4n) is 1.38. The number of hydrogen-bond acceptors (Lipinski definition) is 3. The Bertz CT molecular complexity index is 271. The number of hydrogen-bond donors (Lipinski definition) is 2. The SMILES string of the molecule is CCCSCC(NN)c1ccc(C)cc1. The molecule has 0 aliphatic heterocycles. The number of thioether (sulfide) groups is 1. The summed E-state index contributed by atoms with van der Waals surface area (Å²) in [5.74, 6) is 7.80. The third kappa shape index (κ3) is 4.24. The molecule has 0 aromatic heterocycles. The molecule has 84 valence electrons. The van der Waals surface area contributed by atoms with E-state index in [2.05, 4.69) is 43.5 Å². The minimum Gasteiger partial charge on any atom is -0.271 e. The van der Waals surface area contributed by atoms with Crippen LogP contribution < -0.4 is 11.3 Å². The molecule has 0 aliphatic carbocycles. The van der Waals surface area contributed by atoms with Gasteiger partial charge in [0.25, 0.3) is 0 Å². The van der Waals surface area contributed by atoms with Crippen LogP contribution in [0.25, 0.3) is 0 Å².